The molecule has 0 aliphatic rings. The first-order valence-electron chi connectivity index (χ1n) is 8.35. The molecule has 2 rings (SSSR count). The molecule has 0 spiro atoms. The number of hydrazone groups is 1. The molecule has 3 N–H and O–H groups in total. The van der Waals surface area contributed by atoms with Crippen molar-refractivity contribution in [1.29, 1.82) is 0 Å². The van der Waals surface area contributed by atoms with Gasteiger partial charge < -0.3 is 15.2 Å². The molecule has 29 heavy (non-hydrogen) atoms. The molecule has 2 aromatic carbocycles. The molecule has 2 amide bonds. The van der Waals surface area contributed by atoms with Crippen LogP contribution in [-0.2, 0) is 15.8 Å². The van der Waals surface area contributed by atoms with E-state index in [1.165, 1.54) is 13.3 Å². The smallest absolute Gasteiger partial charge is 0.416 e. The average molecular weight is 409 g/mol. The summed E-state index contributed by atoms with van der Waals surface area (Å²) in [4.78, 5) is 23.5. The van der Waals surface area contributed by atoms with Crippen molar-refractivity contribution in [3.05, 3.63) is 53.6 Å². The lowest BCUT2D eigenvalue weighted by molar-refractivity contribution is -0.137. The molecule has 10 heteroatoms. The number of hydrogen-bond acceptors (Lipinski definition) is 5. The standard InChI is InChI=1S/C19H18F3N3O4/c1-29-15-4-2-3-12(18(15)28)11-23-25-17(27)10-9-16(26)24-14-7-5-13(6-8-14)19(20,21)22/h2-8,11,28H,9-10H2,1H3,(H,24,26)(H,25,27). The van der Waals surface area contributed by atoms with Crippen LogP contribution in [0.25, 0.3) is 0 Å². The van der Waals surface area contributed by atoms with Gasteiger partial charge in [0.2, 0.25) is 11.8 Å². The number of nitrogens with zero attached hydrogens (tertiary/aromatic N) is 1. The van der Waals surface area contributed by atoms with Gasteiger partial charge in [0, 0.05) is 24.1 Å². The first-order valence-corrected chi connectivity index (χ1v) is 8.35. The van der Waals surface area contributed by atoms with Crippen molar-refractivity contribution in [1.82, 2.24) is 5.43 Å². The Hall–Kier alpha value is -3.56. The van der Waals surface area contributed by atoms with Crippen molar-refractivity contribution in [2.75, 3.05) is 12.4 Å². The Kier molecular flexibility index (Phi) is 7.18. The van der Waals surface area contributed by atoms with Crippen LogP contribution >= 0.6 is 0 Å². The summed E-state index contributed by atoms with van der Waals surface area (Å²) >= 11 is 0. The summed E-state index contributed by atoms with van der Waals surface area (Å²) in [5.41, 5.74) is 1.90. The maximum absolute atomic E-state index is 12.5. The highest BCUT2D eigenvalue weighted by Gasteiger charge is 2.29. The summed E-state index contributed by atoms with van der Waals surface area (Å²) in [6.07, 6.45) is -3.61. The maximum Gasteiger partial charge on any atom is 0.416 e. The zero-order valence-electron chi connectivity index (χ0n) is 15.3. The predicted molar refractivity (Wildman–Crippen MR) is 99.7 cm³/mol. The second kappa shape index (κ2) is 9.58. The van der Waals surface area contributed by atoms with Crippen LogP contribution < -0.4 is 15.5 Å². The second-order valence-corrected chi connectivity index (χ2v) is 5.81. The number of rotatable bonds is 7. The van der Waals surface area contributed by atoms with Gasteiger partial charge in [0.1, 0.15) is 0 Å². The van der Waals surface area contributed by atoms with Crippen LogP contribution in [0.4, 0.5) is 18.9 Å². The molecule has 7 nitrogen and oxygen atoms in total. The number of alkyl halides is 3. The Morgan fingerprint density at radius 3 is 2.38 bits per heavy atom. The third-order valence-corrected chi connectivity index (χ3v) is 3.72. The fourth-order valence-corrected chi connectivity index (χ4v) is 2.23. The Morgan fingerprint density at radius 2 is 1.76 bits per heavy atom. The monoisotopic (exact) mass is 409 g/mol. The highest BCUT2D eigenvalue weighted by atomic mass is 19.4. The molecular weight excluding hydrogens is 391 g/mol. The average Bonchev–Trinajstić information content (AvgIpc) is 2.67. The molecule has 0 fully saturated rings. The number of phenols is 1. The third-order valence-electron chi connectivity index (χ3n) is 3.72. The summed E-state index contributed by atoms with van der Waals surface area (Å²) in [5, 5.41) is 16.0. The van der Waals surface area contributed by atoms with Gasteiger partial charge in [-0.05, 0) is 36.4 Å². The molecule has 0 bridgehead atoms. The van der Waals surface area contributed by atoms with Gasteiger partial charge in [-0.15, -0.1) is 0 Å². The molecule has 154 valence electrons. The Bertz CT molecular complexity index is 897. The fraction of sp³-hybridized carbons (Fsp3) is 0.211. The Morgan fingerprint density at radius 1 is 1.10 bits per heavy atom. The van der Waals surface area contributed by atoms with Crippen LogP contribution in [0.15, 0.2) is 47.6 Å². The zero-order valence-corrected chi connectivity index (χ0v) is 15.3. The first kappa shape index (κ1) is 21.7. The molecule has 0 unspecified atom stereocenters. The van der Waals surface area contributed by atoms with Crippen molar-refractivity contribution in [3.8, 4) is 11.5 Å². The van der Waals surface area contributed by atoms with Gasteiger partial charge >= 0.3 is 6.18 Å². The molecule has 0 aliphatic carbocycles. The number of nitrogens with one attached hydrogen (secondary N) is 2. The van der Waals surface area contributed by atoms with Crippen LogP contribution in [0, 0.1) is 0 Å². The van der Waals surface area contributed by atoms with Gasteiger partial charge in [-0.2, -0.15) is 18.3 Å². The van der Waals surface area contributed by atoms with E-state index in [-0.39, 0.29) is 30.0 Å². The fourth-order valence-electron chi connectivity index (χ4n) is 2.23. The second-order valence-electron chi connectivity index (χ2n) is 5.81. The number of para-hydroxylation sites is 1. The van der Waals surface area contributed by atoms with E-state index < -0.39 is 23.6 Å². The minimum atomic E-state index is -4.46. The topological polar surface area (TPSA) is 100 Å². The van der Waals surface area contributed by atoms with E-state index in [1.54, 1.807) is 18.2 Å². The minimum absolute atomic E-state index is 0.135. The molecule has 0 aliphatic heterocycles. The number of phenolic OH excluding ortho intramolecular Hbond substituents is 1. The number of anilines is 1. The molecule has 0 heterocycles. The van der Waals surface area contributed by atoms with Gasteiger partial charge in [0.15, 0.2) is 11.5 Å². The number of ether oxygens (including phenoxy) is 1. The number of halogens is 3. The van der Waals surface area contributed by atoms with Crippen LogP contribution in [0.3, 0.4) is 0 Å². The van der Waals surface area contributed by atoms with Crippen molar-refractivity contribution in [3.63, 3.8) is 0 Å². The highest BCUT2D eigenvalue weighted by molar-refractivity contribution is 5.93. The lowest BCUT2D eigenvalue weighted by Crippen LogP contribution is -2.20. The van der Waals surface area contributed by atoms with Crippen molar-refractivity contribution in [2.24, 2.45) is 5.10 Å². The number of methoxy groups -OCH3 is 1. The Labute approximate surface area is 164 Å². The molecule has 0 saturated heterocycles. The number of carbonyl (C=O) groups is 2. The van der Waals surface area contributed by atoms with E-state index in [2.05, 4.69) is 15.8 Å². The summed E-state index contributed by atoms with van der Waals surface area (Å²) in [6.45, 7) is 0. The Balaban J connectivity index is 1.79. The molecular formula is C19H18F3N3O4. The van der Waals surface area contributed by atoms with E-state index in [1.807, 2.05) is 0 Å². The normalized spacial score (nSPS) is 11.3. The van der Waals surface area contributed by atoms with Crippen LogP contribution in [0.5, 0.6) is 11.5 Å². The number of hydrogen-bond donors (Lipinski definition) is 3. The highest BCUT2D eigenvalue weighted by Crippen LogP contribution is 2.30. The SMILES string of the molecule is COc1cccc(C=NNC(=O)CCC(=O)Nc2ccc(C(F)(F)F)cc2)c1O. The summed E-state index contributed by atoms with van der Waals surface area (Å²) in [7, 11) is 1.40. The van der Waals surface area contributed by atoms with Gasteiger partial charge in [0.05, 0.1) is 18.9 Å². The maximum atomic E-state index is 12.5. The minimum Gasteiger partial charge on any atom is -0.504 e. The lowest BCUT2D eigenvalue weighted by atomic mass is 10.2. The molecule has 0 atom stereocenters. The number of aromatic hydroxyl groups is 1. The van der Waals surface area contributed by atoms with E-state index in [0.29, 0.717) is 5.56 Å². The summed E-state index contributed by atoms with van der Waals surface area (Å²) in [6, 6.07) is 8.71. The first-order chi connectivity index (χ1) is 13.7. The largest absolute Gasteiger partial charge is 0.504 e. The van der Waals surface area contributed by atoms with Crippen molar-refractivity contribution < 1.29 is 32.6 Å². The number of amides is 2. The summed E-state index contributed by atoms with van der Waals surface area (Å²) in [5.74, 6) is -0.968. The molecule has 0 saturated carbocycles. The van der Waals surface area contributed by atoms with Crippen molar-refractivity contribution in [2.45, 2.75) is 19.0 Å². The lowest BCUT2D eigenvalue weighted by Gasteiger charge is -2.08. The van der Waals surface area contributed by atoms with Gasteiger partial charge in [-0.1, -0.05) is 6.07 Å². The van der Waals surface area contributed by atoms with E-state index in [0.717, 1.165) is 24.3 Å². The van der Waals surface area contributed by atoms with Crippen LogP contribution in [-0.4, -0.2) is 30.2 Å². The van der Waals surface area contributed by atoms with Gasteiger partial charge in [-0.25, -0.2) is 5.43 Å². The van der Waals surface area contributed by atoms with Gasteiger partial charge in [-0.3, -0.25) is 9.59 Å². The molecule has 0 radical (unpaired) electrons. The quantitative estimate of drug-likeness (QED) is 0.483. The molecule has 0 aromatic heterocycles. The van der Waals surface area contributed by atoms with E-state index in [9.17, 15) is 27.9 Å². The molecule has 2 aromatic rings. The van der Waals surface area contributed by atoms with Crippen LogP contribution in [0.2, 0.25) is 0 Å². The predicted octanol–water partition coefficient (Wildman–Crippen LogP) is 3.29. The number of carbonyl (C=O) groups excluding carboxylic acids is 2. The number of benzene rings is 2. The van der Waals surface area contributed by atoms with E-state index in [4.69, 9.17) is 4.74 Å². The van der Waals surface area contributed by atoms with E-state index >= 15 is 0 Å². The van der Waals surface area contributed by atoms with Gasteiger partial charge in [0.25, 0.3) is 0 Å². The summed E-state index contributed by atoms with van der Waals surface area (Å²) < 4.78 is 42.4. The van der Waals surface area contributed by atoms with Crippen molar-refractivity contribution >= 4 is 23.7 Å². The zero-order chi connectivity index (χ0) is 21.4. The van der Waals surface area contributed by atoms with Crippen LogP contribution in [0.1, 0.15) is 24.0 Å². The third kappa shape index (κ3) is 6.52.